The van der Waals surface area contributed by atoms with Crippen molar-refractivity contribution in [1.29, 1.82) is 0 Å². The number of aromatic nitrogens is 1. The van der Waals surface area contributed by atoms with Crippen molar-refractivity contribution in [2.24, 2.45) is 12.8 Å². The SMILES string of the molecule is CSc1ccc(Nc2cc(=O)n(C)cc2C(=O)OCC(O)C(N)=O)c(F)c1. The lowest BCUT2D eigenvalue weighted by Gasteiger charge is -2.14. The first-order chi connectivity index (χ1) is 12.7. The smallest absolute Gasteiger partial charge is 0.341 e. The molecule has 1 aromatic carbocycles. The van der Waals surface area contributed by atoms with Crippen molar-refractivity contribution in [3.63, 3.8) is 0 Å². The van der Waals surface area contributed by atoms with Crippen LogP contribution in [0.1, 0.15) is 10.4 Å². The van der Waals surface area contributed by atoms with Gasteiger partial charge in [-0.2, -0.15) is 0 Å². The largest absolute Gasteiger partial charge is 0.459 e. The summed E-state index contributed by atoms with van der Waals surface area (Å²) in [5.41, 5.74) is 4.46. The minimum absolute atomic E-state index is 0.0208. The maximum absolute atomic E-state index is 14.2. The van der Waals surface area contributed by atoms with E-state index < -0.39 is 36.0 Å². The number of primary amides is 1. The van der Waals surface area contributed by atoms with Gasteiger partial charge in [-0.25, -0.2) is 9.18 Å². The number of aliphatic hydroxyl groups excluding tert-OH is 1. The second-order valence-electron chi connectivity index (χ2n) is 5.54. The molecule has 0 bridgehead atoms. The quantitative estimate of drug-likeness (QED) is 0.472. The number of hydrogen-bond donors (Lipinski definition) is 3. The number of anilines is 2. The Morgan fingerprint density at radius 2 is 2.07 bits per heavy atom. The third kappa shape index (κ3) is 5.08. The molecule has 1 aromatic heterocycles. The number of ether oxygens (including phenoxy) is 1. The molecule has 4 N–H and O–H groups in total. The molecule has 0 saturated heterocycles. The van der Waals surface area contributed by atoms with Crippen LogP contribution in [0.3, 0.4) is 0 Å². The van der Waals surface area contributed by atoms with Gasteiger partial charge >= 0.3 is 5.97 Å². The zero-order valence-corrected chi connectivity index (χ0v) is 15.4. The molecule has 0 radical (unpaired) electrons. The van der Waals surface area contributed by atoms with Crippen molar-refractivity contribution in [2.45, 2.75) is 11.0 Å². The maximum atomic E-state index is 14.2. The predicted octanol–water partition coefficient (Wildman–Crippen LogP) is 0.993. The van der Waals surface area contributed by atoms with Crippen LogP contribution in [-0.2, 0) is 16.6 Å². The summed E-state index contributed by atoms with van der Waals surface area (Å²) < 4.78 is 20.2. The number of aliphatic hydroxyl groups is 1. The molecule has 0 spiro atoms. The molecule has 1 atom stereocenters. The summed E-state index contributed by atoms with van der Waals surface area (Å²) in [7, 11) is 1.43. The molecule has 1 heterocycles. The Hall–Kier alpha value is -2.85. The highest BCUT2D eigenvalue weighted by Crippen LogP contribution is 2.26. The van der Waals surface area contributed by atoms with E-state index in [2.05, 4.69) is 5.32 Å². The summed E-state index contributed by atoms with van der Waals surface area (Å²) in [4.78, 5) is 35.7. The van der Waals surface area contributed by atoms with Crippen LogP contribution < -0.4 is 16.6 Å². The van der Waals surface area contributed by atoms with Gasteiger partial charge in [0.1, 0.15) is 12.4 Å². The van der Waals surface area contributed by atoms with E-state index in [4.69, 9.17) is 10.5 Å². The maximum Gasteiger partial charge on any atom is 0.341 e. The Morgan fingerprint density at radius 3 is 2.67 bits per heavy atom. The van der Waals surface area contributed by atoms with E-state index in [0.717, 1.165) is 10.6 Å². The number of hydrogen-bond acceptors (Lipinski definition) is 7. The molecule has 8 nitrogen and oxygen atoms in total. The number of rotatable bonds is 7. The zero-order chi connectivity index (χ0) is 20.1. The summed E-state index contributed by atoms with van der Waals surface area (Å²) >= 11 is 1.37. The van der Waals surface area contributed by atoms with Crippen LogP contribution >= 0.6 is 11.8 Å². The number of nitrogens with zero attached hydrogens (tertiary/aromatic N) is 1. The average molecular weight is 395 g/mol. The number of aryl methyl sites for hydroxylation is 1. The predicted molar refractivity (Wildman–Crippen MR) is 98.6 cm³/mol. The Bertz CT molecular complexity index is 931. The van der Waals surface area contributed by atoms with Crippen molar-refractivity contribution >= 4 is 35.0 Å². The van der Waals surface area contributed by atoms with Gasteiger partial charge in [0, 0.05) is 24.2 Å². The molecule has 27 heavy (non-hydrogen) atoms. The number of nitrogens with two attached hydrogens (primary N) is 1. The average Bonchev–Trinajstić information content (AvgIpc) is 2.63. The summed E-state index contributed by atoms with van der Waals surface area (Å²) in [5, 5.41) is 12.0. The molecular weight excluding hydrogens is 377 g/mol. The van der Waals surface area contributed by atoms with E-state index in [-0.39, 0.29) is 16.9 Å². The summed E-state index contributed by atoms with van der Waals surface area (Å²) in [6.45, 7) is -0.646. The van der Waals surface area contributed by atoms with Crippen molar-refractivity contribution in [1.82, 2.24) is 4.57 Å². The van der Waals surface area contributed by atoms with Crippen molar-refractivity contribution < 1.29 is 23.8 Å². The van der Waals surface area contributed by atoms with E-state index in [0.29, 0.717) is 4.90 Å². The molecule has 0 aliphatic heterocycles. The molecule has 1 amide bonds. The molecule has 144 valence electrons. The van der Waals surface area contributed by atoms with Gasteiger partial charge in [0.2, 0.25) is 5.91 Å². The molecule has 2 rings (SSSR count). The Balaban J connectivity index is 2.33. The Labute approximate surface area is 158 Å². The topological polar surface area (TPSA) is 124 Å². The first-order valence-corrected chi connectivity index (χ1v) is 8.91. The lowest BCUT2D eigenvalue weighted by atomic mass is 10.2. The second-order valence-corrected chi connectivity index (χ2v) is 6.42. The van der Waals surface area contributed by atoms with Crippen LogP contribution in [0.15, 0.2) is 40.2 Å². The van der Waals surface area contributed by atoms with E-state index >= 15 is 0 Å². The number of halogens is 1. The van der Waals surface area contributed by atoms with Gasteiger partial charge in [-0.15, -0.1) is 11.8 Å². The van der Waals surface area contributed by atoms with Gasteiger partial charge in [0.25, 0.3) is 5.56 Å². The number of esters is 1. The highest BCUT2D eigenvalue weighted by molar-refractivity contribution is 7.98. The Morgan fingerprint density at radius 1 is 1.37 bits per heavy atom. The first kappa shape index (κ1) is 20.5. The molecule has 0 aliphatic carbocycles. The van der Waals surface area contributed by atoms with Gasteiger partial charge in [-0.1, -0.05) is 0 Å². The second kappa shape index (κ2) is 8.69. The fourth-order valence-corrected chi connectivity index (χ4v) is 2.51. The highest BCUT2D eigenvalue weighted by Gasteiger charge is 2.19. The molecule has 0 aliphatic rings. The molecule has 0 fully saturated rings. The fraction of sp³-hybridized carbons (Fsp3) is 0.235. The summed E-state index contributed by atoms with van der Waals surface area (Å²) in [6.07, 6.45) is 1.35. The van der Waals surface area contributed by atoms with Gasteiger partial charge in [0.15, 0.2) is 6.10 Å². The first-order valence-electron chi connectivity index (χ1n) is 7.68. The van der Waals surface area contributed by atoms with Crippen LogP contribution in [0.5, 0.6) is 0 Å². The summed E-state index contributed by atoms with van der Waals surface area (Å²) in [6, 6.07) is 5.58. The van der Waals surface area contributed by atoms with Crippen LogP contribution in [0.2, 0.25) is 0 Å². The monoisotopic (exact) mass is 395 g/mol. The molecular formula is C17H18FN3O5S. The standard InChI is InChI=1S/C17H18FN3O5S/c1-21-7-10(17(25)26-8-14(22)16(19)24)13(6-15(21)23)20-12-4-3-9(27-2)5-11(12)18/h3-7,14,20,22H,8H2,1-2H3,(H2,19,24). The molecule has 1 unspecified atom stereocenters. The van der Waals surface area contributed by atoms with Crippen LogP contribution in [0, 0.1) is 5.82 Å². The third-order valence-electron chi connectivity index (χ3n) is 3.59. The third-order valence-corrected chi connectivity index (χ3v) is 4.32. The zero-order valence-electron chi connectivity index (χ0n) is 14.6. The number of carbonyl (C=O) groups excluding carboxylic acids is 2. The minimum atomic E-state index is -1.66. The number of pyridine rings is 1. The number of carbonyl (C=O) groups is 2. The lowest BCUT2D eigenvalue weighted by molar-refractivity contribution is -0.127. The van der Waals surface area contributed by atoms with E-state index in [1.807, 2.05) is 0 Å². The van der Waals surface area contributed by atoms with Gasteiger partial charge < -0.3 is 25.5 Å². The van der Waals surface area contributed by atoms with Crippen LogP contribution in [-0.4, -0.2) is 40.5 Å². The van der Waals surface area contributed by atoms with Gasteiger partial charge in [0.05, 0.1) is 16.9 Å². The Kier molecular flexibility index (Phi) is 6.59. The lowest BCUT2D eigenvalue weighted by Crippen LogP contribution is -2.33. The van der Waals surface area contributed by atoms with E-state index in [9.17, 15) is 23.9 Å². The normalized spacial score (nSPS) is 11.7. The van der Waals surface area contributed by atoms with Crippen LogP contribution in [0.4, 0.5) is 15.8 Å². The molecule has 0 saturated carbocycles. The van der Waals surface area contributed by atoms with Gasteiger partial charge in [-0.05, 0) is 24.5 Å². The number of nitrogens with one attached hydrogen (secondary N) is 1. The van der Waals surface area contributed by atoms with Gasteiger partial charge in [-0.3, -0.25) is 9.59 Å². The summed E-state index contributed by atoms with van der Waals surface area (Å²) in [5.74, 6) is -2.53. The number of amides is 1. The van der Waals surface area contributed by atoms with E-state index in [1.54, 1.807) is 12.3 Å². The molecule has 2 aromatic rings. The molecule has 10 heteroatoms. The van der Waals surface area contributed by atoms with Crippen LogP contribution in [0.25, 0.3) is 0 Å². The van der Waals surface area contributed by atoms with Crippen molar-refractivity contribution in [3.05, 3.63) is 52.2 Å². The van der Waals surface area contributed by atoms with Crippen molar-refractivity contribution in [2.75, 3.05) is 18.2 Å². The number of benzene rings is 1. The number of thioether (sulfide) groups is 1. The fourth-order valence-electron chi connectivity index (χ4n) is 2.08. The minimum Gasteiger partial charge on any atom is -0.459 e. The highest BCUT2D eigenvalue weighted by atomic mass is 32.2. The van der Waals surface area contributed by atoms with Crippen molar-refractivity contribution in [3.8, 4) is 0 Å². The van der Waals surface area contributed by atoms with E-state index in [1.165, 1.54) is 37.1 Å².